The molecule has 0 spiro atoms. The Morgan fingerprint density at radius 3 is 2.70 bits per heavy atom. The minimum absolute atomic E-state index is 0.0258. The minimum Gasteiger partial charge on any atom is -0.450 e. The molecule has 0 atom stereocenters. The van der Waals surface area contributed by atoms with Crippen LogP contribution in [0.3, 0.4) is 0 Å². The number of ether oxygens (including phenoxy) is 1. The van der Waals surface area contributed by atoms with Gasteiger partial charge in [-0.05, 0) is 42.6 Å². The number of nitriles is 1. The number of rotatable bonds is 3. The zero-order valence-corrected chi connectivity index (χ0v) is 14.7. The lowest BCUT2D eigenvalue weighted by molar-refractivity contribution is 0.0857. The van der Waals surface area contributed by atoms with Crippen molar-refractivity contribution in [1.82, 2.24) is 15.2 Å². The fraction of sp³-hybridized carbons (Fsp3) is 0.533. The Bertz CT molecular complexity index is 642. The number of hydrogen-bond acceptors (Lipinski definition) is 4. The largest absolute Gasteiger partial charge is 0.450 e. The van der Waals surface area contributed by atoms with Crippen LogP contribution in [0.1, 0.15) is 41.5 Å². The molecule has 2 amide bonds. The first-order valence-electron chi connectivity index (χ1n) is 7.48. The Kier molecular flexibility index (Phi) is 5.66. The highest BCUT2D eigenvalue weighted by atomic mass is 79.9. The molecule has 1 aliphatic rings. The lowest BCUT2D eigenvalue weighted by Crippen LogP contribution is -2.46. The van der Waals surface area contributed by atoms with Crippen LogP contribution in [0, 0.1) is 18.3 Å². The molecule has 1 aromatic rings. The van der Waals surface area contributed by atoms with Crippen LogP contribution in [0.2, 0.25) is 0 Å². The fourth-order valence-corrected chi connectivity index (χ4v) is 2.94. The molecule has 8 heteroatoms. The van der Waals surface area contributed by atoms with Crippen molar-refractivity contribution in [3.63, 3.8) is 0 Å². The summed E-state index contributed by atoms with van der Waals surface area (Å²) < 4.78 is 5.58. The predicted molar refractivity (Wildman–Crippen MR) is 87.0 cm³/mol. The van der Waals surface area contributed by atoms with Gasteiger partial charge in [-0.1, -0.05) is 0 Å². The standard InChI is InChI=1S/C15H19BrN4O3/c1-3-23-15(22)20-6-4-10(5-7-20)19-14(21)13-11(8-17)12(16)9(2)18-13/h10,18H,3-7H2,1-2H3,(H,19,21). The highest BCUT2D eigenvalue weighted by Crippen LogP contribution is 2.24. The van der Waals surface area contributed by atoms with Crippen molar-refractivity contribution in [2.45, 2.75) is 32.7 Å². The number of nitrogens with one attached hydrogen (secondary N) is 2. The van der Waals surface area contributed by atoms with Crippen molar-refractivity contribution >= 4 is 27.9 Å². The van der Waals surface area contributed by atoms with E-state index in [-0.39, 0.29) is 23.7 Å². The van der Waals surface area contributed by atoms with E-state index < -0.39 is 0 Å². The monoisotopic (exact) mass is 382 g/mol. The number of amides is 2. The highest BCUT2D eigenvalue weighted by Gasteiger charge is 2.26. The fourth-order valence-electron chi connectivity index (χ4n) is 2.56. The van der Waals surface area contributed by atoms with E-state index in [0.29, 0.717) is 42.6 Å². The summed E-state index contributed by atoms with van der Waals surface area (Å²) >= 11 is 3.30. The second-order valence-electron chi connectivity index (χ2n) is 5.36. The second kappa shape index (κ2) is 7.51. The Morgan fingerprint density at radius 1 is 1.48 bits per heavy atom. The van der Waals surface area contributed by atoms with Crippen molar-refractivity contribution in [2.24, 2.45) is 0 Å². The molecular formula is C15H19BrN4O3. The normalized spacial score (nSPS) is 15.1. The van der Waals surface area contributed by atoms with Crippen LogP contribution in [0.5, 0.6) is 0 Å². The van der Waals surface area contributed by atoms with Crippen LogP contribution >= 0.6 is 15.9 Å². The van der Waals surface area contributed by atoms with Gasteiger partial charge in [-0.3, -0.25) is 4.79 Å². The maximum Gasteiger partial charge on any atom is 0.409 e. The molecule has 2 rings (SSSR count). The molecule has 2 heterocycles. The van der Waals surface area contributed by atoms with E-state index in [4.69, 9.17) is 4.74 Å². The molecule has 0 aliphatic carbocycles. The van der Waals surface area contributed by atoms with E-state index in [0.717, 1.165) is 5.69 Å². The summed E-state index contributed by atoms with van der Waals surface area (Å²) in [5, 5.41) is 12.1. The summed E-state index contributed by atoms with van der Waals surface area (Å²) in [6.07, 6.45) is 1.01. The summed E-state index contributed by atoms with van der Waals surface area (Å²) in [6, 6.07) is 2.00. The summed E-state index contributed by atoms with van der Waals surface area (Å²) in [4.78, 5) is 28.6. The second-order valence-corrected chi connectivity index (χ2v) is 6.15. The molecule has 1 aliphatic heterocycles. The summed E-state index contributed by atoms with van der Waals surface area (Å²) in [7, 11) is 0. The Labute approximate surface area is 143 Å². The van der Waals surface area contributed by atoms with Gasteiger partial charge in [0, 0.05) is 24.8 Å². The smallest absolute Gasteiger partial charge is 0.409 e. The number of piperidine rings is 1. The van der Waals surface area contributed by atoms with Crippen molar-refractivity contribution < 1.29 is 14.3 Å². The number of aryl methyl sites for hydroxylation is 1. The molecule has 124 valence electrons. The SMILES string of the molecule is CCOC(=O)N1CCC(NC(=O)c2[nH]c(C)c(Br)c2C#N)CC1. The Morgan fingerprint density at radius 2 is 2.13 bits per heavy atom. The number of H-pyrrole nitrogens is 1. The first-order chi connectivity index (χ1) is 11.0. The van der Waals surface area contributed by atoms with Crippen LogP contribution < -0.4 is 5.32 Å². The number of carbonyl (C=O) groups is 2. The average Bonchev–Trinajstić information content (AvgIpc) is 2.83. The van der Waals surface area contributed by atoms with Gasteiger partial charge in [-0.15, -0.1) is 0 Å². The van der Waals surface area contributed by atoms with E-state index in [1.165, 1.54) is 0 Å². The van der Waals surface area contributed by atoms with E-state index in [2.05, 4.69) is 26.2 Å². The van der Waals surface area contributed by atoms with Crippen LogP contribution in [-0.2, 0) is 4.74 Å². The summed E-state index contributed by atoms with van der Waals surface area (Å²) in [5.41, 5.74) is 1.32. The number of aromatic amines is 1. The predicted octanol–water partition coefficient (Wildman–Crippen LogP) is 2.31. The number of likely N-dealkylation sites (tertiary alicyclic amines) is 1. The van der Waals surface area contributed by atoms with Gasteiger partial charge in [-0.2, -0.15) is 5.26 Å². The zero-order valence-electron chi connectivity index (χ0n) is 13.1. The lowest BCUT2D eigenvalue weighted by Gasteiger charge is -2.31. The third kappa shape index (κ3) is 3.85. The summed E-state index contributed by atoms with van der Waals surface area (Å²) in [5.74, 6) is -0.301. The maximum atomic E-state index is 12.4. The zero-order chi connectivity index (χ0) is 17.0. The molecule has 0 bridgehead atoms. The van der Waals surface area contributed by atoms with E-state index in [1.807, 2.05) is 6.07 Å². The molecule has 0 saturated carbocycles. The Hall–Kier alpha value is -2.01. The van der Waals surface area contributed by atoms with Gasteiger partial charge in [0.2, 0.25) is 0 Å². The summed E-state index contributed by atoms with van der Waals surface area (Å²) in [6.45, 7) is 5.01. The number of halogens is 1. The van der Waals surface area contributed by atoms with Crippen molar-refractivity contribution in [3.8, 4) is 6.07 Å². The third-order valence-corrected chi connectivity index (χ3v) is 4.80. The van der Waals surface area contributed by atoms with Gasteiger partial charge >= 0.3 is 6.09 Å². The van der Waals surface area contributed by atoms with E-state index >= 15 is 0 Å². The third-order valence-electron chi connectivity index (χ3n) is 3.81. The van der Waals surface area contributed by atoms with Gasteiger partial charge in [0.1, 0.15) is 11.8 Å². The van der Waals surface area contributed by atoms with E-state index in [9.17, 15) is 14.9 Å². The number of hydrogen-bond donors (Lipinski definition) is 2. The van der Waals surface area contributed by atoms with Gasteiger partial charge in [-0.25, -0.2) is 4.79 Å². The maximum absolute atomic E-state index is 12.4. The van der Waals surface area contributed by atoms with E-state index in [1.54, 1.807) is 18.7 Å². The van der Waals surface area contributed by atoms with Crippen LogP contribution in [0.25, 0.3) is 0 Å². The molecule has 1 saturated heterocycles. The molecule has 7 nitrogen and oxygen atoms in total. The molecule has 23 heavy (non-hydrogen) atoms. The Balaban J connectivity index is 1.94. The topological polar surface area (TPSA) is 98.2 Å². The number of carbonyl (C=O) groups excluding carboxylic acids is 2. The van der Waals surface area contributed by atoms with Gasteiger partial charge < -0.3 is 19.9 Å². The molecule has 0 aromatic carbocycles. The molecule has 1 fully saturated rings. The van der Waals surface area contributed by atoms with Crippen molar-refractivity contribution in [2.75, 3.05) is 19.7 Å². The molecular weight excluding hydrogens is 364 g/mol. The number of nitrogens with zero attached hydrogens (tertiary/aromatic N) is 2. The van der Waals surface area contributed by atoms with Crippen molar-refractivity contribution in [1.29, 1.82) is 5.26 Å². The van der Waals surface area contributed by atoms with Gasteiger partial charge in [0.05, 0.1) is 16.6 Å². The molecule has 0 unspecified atom stereocenters. The van der Waals surface area contributed by atoms with Gasteiger partial charge in [0.15, 0.2) is 0 Å². The first-order valence-corrected chi connectivity index (χ1v) is 8.27. The first kappa shape index (κ1) is 17.3. The molecule has 0 radical (unpaired) electrons. The quantitative estimate of drug-likeness (QED) is 0.837. The highest BCUT2D eigenvalue weighted by molar-refractivity contribution is 9.10. The molecule has 2 N–H and O–H groups in total. The average molecular weight is 383 g/mol. The lowest BCUT2D eigenvalue weighted by atomic mass is 10.1. The molecule has 1 aromatic heterocycles. The minimum atomic E-state index is -0.312. The number of aromatic nitrogens is 1. The van der Waals surface area contributed by atoms with Crippen LogP contribution in [0.15, 0.2) is 4.47 Å². The van der Waals surface area contributed by atoms with Gasteiger partial charge in [0.25, 0.3) is 5.91 Å². The van der Waals surface area contributed by atoms with Crippen LogP contribution in [-0.4, -0.2) is 47.6 Å². The van der Waals surface area contributed by atoms with Crippen molar-refractivity contribution in [3.05, 3.63) is 21.4 Å². The van der Waals surface area contributed by atoms with Crippen LogP contribution in [0.4, 0.5) is 4.79 Å².